The molecule has 2 aliphatic rings. The van der Waals surface area contributed by atoms with E-state index in [4.69, 9.17) is 9.47 Å². The van der Waals surface area contributed by atoms with Crippen LogP contribution in [-0.2, 0) is 9.53 Å². The molecular weight excluding hydrogens is 334 g/mol. The molecule has 1 N–H and O–H groups in total. The van der Waals surface area contributed by atoms with E-state index in [1.54, 1.807) is 19.1 Å². The minimum atomic E-state index is -0.435. The molecule has 3 rings (SSSR count). The molecule has 0 aliphatic carbocycles. The summed E-state index contributed by atoms with van der Waals surface area (Å²) < 4.78 is 11.0. The fourth-order valence-electron chi connectivity index (χ4n) is 3.67. The van der Waals surface area contributed by atoms with E-state index < -0.39 is 11.7 Å². The van der Waals surface area contributed by atoms with Gasteiger partial charge in [0.1, 0.15) is 17.9 Å². The monoisotopic (exact) mass is 361 g/mol. The average Bonchev–Trinajstić information content (AvgIpc) is 2.95. The minimum Gasteiger partial charge on any atom is -0.496 e. The highest BCUT2D eigenvalue weighted by Crippen LogP contribution is 2.32. The van der Waals surface area contributed by atoms with E-state index in [9.17, 15) is 9.59 Å². The predicted octanol–water partition coefficient (Wildman–Crippen LogP) is 1.79. The first-order valence-corrected chi connectivity index (χ1v) is 9.03. The van der Waals surface area contributed by atoms with Crippen LogP contribution in [-0.4, -0.2) is 67.7 Å². The highest BCUT2D eigenvalue weighted by Gasteiger charge is 2.46. The maximum Gasteiger partial charge on any atom is 0.410 e. The molecule has 1 aromatic rings. The van der Waals surface area contributed by atoms with Crippen molar-refractivity contribution in [2.45, 2.75) is 31.4 Å². The van der Waals surface area contributed by atoms with E-state index in [1.165, 1.54) is 4.90 Å². The van der Waals surface area contributed by atoms with Crippen LogP contribution in [0.4, 0.5) is 4.79 Å². The zero-order chi connectivity index (χ0) is 18.7. The fraction of sp³-hybridized carbons (Fsp3) is 0.579. The van der Waals surface area contributed by atoms with Crippen LogP contribution in [0.1, 0.15) is 31.4 Å². The quantitative estimate of drug-likeness (QED) is 0.866. The van der Waals surface area contributed by atoms with Crippen LogP contribution in [0.3, 0.4) is 0 Å². The van der Waals surface area contributed by atoms with Crippen molar-refractivity contribution in [3.63, 3.8) is 0 Å². The lowest BCUT2D eigenvalue weighted by Gasteiger charge is -2.31. The van der Waals surface area contributed by atoms with Crippen molar-refractivity contribution in [1.29, 1.82) is 0 Å². The molecule has 1 aromatic carbocycles. The van der Waals surface area contributed by atoms with E-state index in [0.717, 1.165) is 37.2 Å². The van der Waals surface area contributed by atoms with Gasteiger partial charge in [-0.25, -0.2) is 4.79 Å². The topological polar surface area (TPSA) is 71.1 Å². The first-order valence-electron chi connectivity index (χ1n) is 9.03. The summed E-state index contributed by atoms with van der Waals surface area (Å²) >= 11 is 0. The lowest BCUT2D eigenvalue weighted by Crippen LogP contribution is -2.46. The number of likely N-dealkylation sites (N-methyl/N-ethyl adjacent to an activating group) is 1. The van der Waals surface area contributed by atoms with E-state index in [1.807, 2.05) is 31.2 Å². The normalized spacial score (nSPS) is 20.0. The van der Waals surface area contributed by atoms with Gasteiger partial charge in [-0.3, -0.25) is 9.69 Å². The van der Waals surface area contributed by atoms with Crippen molar-refractivity contribution in [2.75, 3.05) is 40.3 Å². The third-order valence-corrected chi connectivity index (χ3v) is 5.45. The number of nitrogens with zero attached hydrogens (tertiary/aromatic N) is 2. The van der Waals surface area contributed by atoms with Crippen LogP contribution in [0, 0.1) is 0 Å². The molecule has 2 fully saturated rings. The highest BCUT2D eigenvalue weighted by molar-refractivity contribution is 5.83. The lowest BCUT2D eigenvalue weighted by molar-refractivity contribution is -0.132. The Morgan fingerprint density at radius 1 is 1.38 bits per heavy atom. The number of rotatable bonds is 5. The molecule has 0 bridgehead atoms. The number of piperidine rings is 1. The molecule has 2 aliphatic heterocycles. The molecule has 2 saturated heterocycles. The van der Waals surface area contributed by atoms with Crippen LogP contribution >= 0.6 is 0 Å². The summed E-state index contributed by atoms with van der Waals surface area (Å²) in [6.07, 6.45) is 1.19. The summed E-state index contributed by atoms with van der Waals surface area (Å²) in [6.45, 7) is 4.13. The van der Waals surface area contributed by atoms with Gasteiger partial charge >= 0.3 is 6.09 Å². The number of carbonyl (C=O) groups is 2. The Balaban J connectivity index is 1.65. The predicted molar refractivity (Wildman–Crippen MR) is 97.1 cm³/mol. The molecule has 1 unspecified atom stereocenters. The Morgan fingerprint density at radius 3 is 2.77 bits per heavy atom. The zero-order valence-electron chi connectivity index (χ0n) is 15.7. The molecule has 26 heavy (non-hydrogen) atoms. The molecule has 0 aromatic heterocycles. The molecule has 2 heterocycles. The molecule has 2 amide bonds. The van der Waals surface area contributed by atoms with E-state index in [-0.39, 0.29) is 18.5 Å². The summed E-state index contributed by atoms with van der Waals surface area (Å²) in [5, 5.41) is 3.27. The van der Waals surface area contributed by atoms with Crippen molar-refractivity contribution in [1.82, 2.24) is 15.1 Å². The summed E-state index contributed by atoms with van der Waals surface area (Å²) in [5.74, 6) is 0.625. The Hall–Kier alpha value is -2.28. The zero-order valence-corrected chi connectivity index (χ0v) is 15.7. The number of hydrogen-bond acceptors (Lipinski definition) is 5. The van der Waals surface area contributed by atoms with Crippen LogP contribution in [0.2, 0.25) is 0 Å². The second-order valence-electron chi connectivity index (χ2n) is 7.08. The molecule has 7 heteroatoms. The van der Waals surface area contributed by atoms with Crippen molar-refractivity contribution in [3.8, 4) is 5.75 Å². The first kappa shape index (κ1) is 18.5. The Morgan fingerprint density at radius 2 is 2.08 bits per heavy atom. The standard InChI is InChI=1S/C19H27N3O4/c1-14(15-6-4-5-7-16(15)25-3)21(2)17(23)12-22-13-19(26-18(22)24)8-10-20-11-9-19/h4-7,14,20H,8-13H2,1-3H3. The summed E-state index contributed by atoms with van der Waals surface area (Å²) in [6, 6.07) is 7.48. The molecule has 7 nitrogen and oxygen atoms in total. The van der Waals surface area contributed by atoms with Crippen molar-refractivity contribution >= 4 is 12.0 Å². The third kappa shape index (κ3) is 3.62. The smallest absolute Gasteiger partial charge is 0.410 e. The molecule has 1 spiro atoms. The van der Waals surface area contributed by atoms with Crippen molar-refractivity contribution in [2.24, 2.45) is 0 Å². The van der Waals surface area contributed by atoms with Crippen molar-refractivity contribution < 1.29 is 19.1 Å². The van der Waals surface area contributed by atoms with Gasteiger partial charge in [-0.2, -0.15) is 0 Å². The molecule has 0 saturated carbocycles. The molecular formula is C19H27N3O4. The van der Waals surface area contributed by atoms with Gasteiger partial charge in [-0.15, -0.1) is 0 Å². The largest absolute Gasteiger partial charge is 0.496 e. The van der Waals surface area contributed by atoms with Gasteiger partial charge < -0.3 is 19.7 Å². The minimum absolute atomic E-state index is 0.0317. The van der Waals surface area contributed by atoms with Gasteiger partial charge in [0.05, 0.1) is 19.7 Å². The number of amides is 2. The van der Waals surface area contributed by atoms with Gasteiger partial charge in [0, 0.05) is 25.5 Å². The van der Waals surface area contributed by atoms with Gasteiger partial charge in [-0.1, -0.05) is 18.2 Å². The van der Waals surface area contributed by atoms with Crippen molar-refractivity contribution in [3.05, 3.63) is 29.8 Å². The van der Waals surface area contributed by atoms with E-state index in [0.29, 0.717) is 6.54 Å². The van der Waals surface area contributed by atoms with Crippen LogP contribution in [0.5, 0.6) is 5.75 Å². The van der Waals surface area contributed by atoms with E-state index in [2.05, 4.69) is 5.32 Å². The lowest BCUT2D eigenvalue weighted by atomic mass is 9.92. The van der Waals surface area contributed by atoms with Crippen LogP contribution < -0.4 is 10.1 Å². The Labute approximate surface area is 154 Å². The van der Waals surface area contributed by atoms with Gasteiger partial charge in [0.15, 0.2) is 0 Å². The second-order valence-corrected chi connectivity index (χ2v) is 7.08. The number of ether oxygens (including phenoxy) is 2. The number of methoxy groups -OCH3 is 1. The summed E-state index contributed by atoms with van der Waals surface area (Å²) in [5.41, 5.74) is 0.500. The van der Waals surface area contributed by atoms with Crippen LogP contribution in [0.15, 0.2) is 24.3 Å². The molecule has 0 radical (unpaired) electrons. The fourth-order valence-corrected chi connectivity index (χ4v) is 3.67. The van der Waals surface area contributed by atoms with E-state index >= 15 is 0 Å². The number of carbonyl (C=O) groups excluding carboxylic acids is 2. The summed E-state index contributed by atoms with van der Waals surface area (Å²) in [7, 11) is 3.37. The second kappa shape index (κ2) is 7.53. The van der Waals surface area contributed by atoms with Gasteiger partial charge in [-0.05, 0) is 26.1 Å². The van der Waals surface area contributed by atoms with Crippen LogP contribution in [0.25, 0.3) is 0 Å². The molecule has 1 atom stereocenters. The number of hydrogen-bond donors (Lipinski definition) is 1. The summed E-state index contributed by atoms with van der Waals surface area (Å²) in [4.78, 5) is 28.2. The van der Waals surface area contributed by atoms with Gasteiger partial charge in [0.2, 0.25) is 5.91 Å². The third-order valence-electron chi connectivity index (χ3n) is 5.45. The number of para-hydroxylation sites is 1. The molecule has 142 valence electrons. The average molecular weight is 361 g/mol. The van der Waals surface area contributed by atoms with Gasteiger partial charge in [0.25, 0.3) is 0 Å². The number of nitrogens with one attached hydrogen (secondary N) is 1. The number of benzene rings is 1. The highest BCUT2D eigenvalue weighted by atomic mass is 16.6. The Bertz CT molecular complexity index is 673. The first-order chi connectivity index (χ1) is 12.5. The Kier molecular flexibility index (Phi) is 5.36. The SMILES string of the molecule is COc1ccccc1C(C)N(C)C(=O)CN1CC2(CCNCC2)OC1=O. The maximum absolute atomic E-state index is 12.8. The maximum atomic E-state index is 12.8.